The molecule has 10 heteroatoms. The average molecular weight is 709 g/mol. The van der Waals surface area contributed by atoms with Crippen LogP contribution in [-0.4, -0.2) is 31.2 Å². The number of rotatable bonds is 12. The third kappa shape index (κ3) is 9.17. The molecule has 0 unspecified atom stereocenters. The van der Waals surface area contributed by atoms with E-state index in [1.54, 1.807) is 30.3 Å². The summed E-state index contributed by atoms with van der Waals surface area (Å²) in [6.07, 6.45) is 1.50. The van der Waals surface area contributed by atoms with E-state index >= 15 is 0 Å². The first-order chi connectivity index (χ1) is 20.7. The van der Waals surface area contributed by atoms with E-state index < -0.39 is 5.91 Å². The first-order valence-corrected chi connectivity index (χ1v) is 15.1. The number of hydrogen-bond acceptors (Lipinski definition) is 6. The predicted octanol–water partition coefficient (Wildman–Crippen LogP) is 7.59. The summed E-state index contributed by atoms with van der Waals surface area (Å²) >= 11 is 6.97. The van der Waals surface area contributed by atoms with Gasteiger partial charge in [-0.2, -0.15) is 5.10 Å². The zero-order valence-electron chi connectivity index (χ0n) is 23.9. The van der Waals surface area contributed by atoms with Crippen LogP contribution in [0.25, 0.3) is 0 Å². The van der Waals surface area contributed by atoms with Gasteiger partial charge in [0.05, 0.1) is 21.8 Å². The number of aryl methyl sites for hydroxylation is 2. The van der Waals surface area contributed by atoms with Crippen LogP contribution in [0.15, 0.2) is 92.9 Å². The lowest BCUT2D eigenvalue weighted by Gasteiger charge is -2.13. The normalized spacial score (nSPS) is 10.8. The molecule has 0 atom stereocenters. The molecule has 222 valence electrons. The number of hydrazone groups is 1. The largest absolute Gasteiger partial charge is 0.490 e. The molecule has 0 saturated carbocycles. The molecule has 43 heavy (non-hydrogen) atoms. The summed E-state index contributed by atoms with van der Waals surface area (Å²) in [6, 6.07) is 24.1. The lowest BCUT2D eigenvalue weighted by Crippen LogP contribution is -2.20. The van der Waals surface area contributed by atoms with Crippen LogP contribution in [0.1, 0.15) is 39.5 Å². The second kappa shape index (κ2) is 15.4. The molecule has 0 heterocycles. The Morgan fingerprint density at radius 2 is 1.58 bits per heavy atom. The number of nitrogens with zero attached hydrogens (tertiary/aromatic N) is 1. The van der Waals surface area contributed by atoms with Gasteiger partial charge >= 0.3 is 0 Å². The van der Waals surface area contributed by atoms with Crippen LogP contribution in [0.2, 0.25) is 0 Å². The molecule has 8 nitrogen and oxygen atoms in total. The van der Waals surface area contributed by atoms with E-state index in [1.165, 1.54) is 6.21 Å². The fourth-order valence-electron chi connectivity index (χ4n) is 3.95. The summed E-state index contributed by atoms with van der Waals surface area (Å²) in [6.45, 7) is 6.50. The molecule has 0 aliphatic carbocycles. The van der Waals surface area contributed by atoms with Crippen molar-refractivity contribution < 1.29 is 23.8 Å². The molecule has 4 rings (SSSR count). The standard InChI is InChI=1S/C33H31Br2N3O5/c1-4-41-30-17-25(11-13-29(30)42-19-23-8-6-5-7-9-23)33(40)38-36-18-24-15-27(34)32(28(35)16-24)43-20-31(39)37-26-12-10-21(2)22(3)14-26/h5-18H,4,19-20H2,1-3H3,(H,37,39)(H,38,40)/b36-18+. The monoisotopic (exact) mass is 707 g/mol. The highest BCUT2D eigenvalue weighted by molar-refractivity contribution is 9.11. The summed E-state index contributed by atoms with van der Waals surface area (Å²) in [7, 11) is 0. The Balaban J connectivity index is 1.34. The first kappa shape index (κ1) is 31.8. The highest BCUT2D eigenvalue weighted by atomic mass is 79.9. The SMILES string of the molecule is CCOc1cc(C(=O)N/N=C/c2cc(Br)c(OCC(=O)Nc3ccc(C)c(C)c3)c(Br)c2)ccc1OCc1ccccc1. The molecule has 0 aliphatic heterocycles. The van der Waals surface area contributed by atoms with Crippen LogP contribution in [0.3, 0.4) is 0 Å². The Kier molecular flexibility index (Phi) is 11.4. The fourth-order valence-corrected chi connectivity index (χ4v) is 5.40. The van der Waals surface area contributed by atoms with E-state index in [9.17, 15) is 9.59 Å². The number of halogens is 2. The number of anilines is 1. The summed E-state index contributed by atoms with van der Waals surface area (Å²) < 4.78 is 18.6. The lowest BCUT2D eigenvalue weighted by molar-refractivity contribution is -0.118. The van der Waals surface area contributed by atoms with Crippen LogP contribution >= 0.6 is 31.9 Å². The van der Waals surface area contributed by atoms with Crippen molar-refractivity contribution in [3.63, 3.8) is 0 Å². The van der Waals surface area contributed by atoms with E-state index in [0.717, 1.165) is 16.7 Å². The van der Waals surface area contributed by atoms with Crippen molar-refractivity contribution in [2.45, 2.75) is 27.4 Å². The number of carbonyl (C=O) groups is 2. The minimum absolute atomic E-state index is 0.173. The van der Waals surface area contributed by atoms with Gasteiger partial charge in [0.25, 0.3) is 11.8 Å². The highest BCUT2D eigenvalue weighted by Gasteiger charge is 2.13. The van der Waals surface area contributed by atoms with Crippen molar-refractivity contribution >= 4 is 55.6 Å². The summed E-state index contributed by atoms with van der Waals surface area (Å²) in [5, 5.41) is 6.93. The van der Waals surface area contributed by atoms with Gasteiger partial charge in [0.1, 0.15) is 12.4 Å². The molecule has 0 saturated heterocycles. The van der Waals surface area contributed by atoms with Gasteiger partial charge in [-0.3, -0.25) is 9.59 Å². The lowest BCUT2D eigenvalue weighted by atomic mass is 10.1. The Morgan fingerprint density at radius 3 is 2.28 bits per heavy atom. The quantitative estimate of drug-likeness (QED) is 0.117. The highest BCUT2D eigenvalue weighted by Crippen LogP contribution is 2.34. The van der Waals surface area contributed by atoms with Crippen molar-refractivity contribution in [1.82, 2.24) is 5.43 Å². The van der Waals surface area contributed by atoms with Crippen molar-refractivity contribution in [1.29, 1.82) is 0 Å². The summed E-state index contributed by atoms with van der Waals surface area (Å²) in [5.74, 6) is 0.805. The Hall–Kier alpha value is -4.15. The van der Waals surface area contributed by atoms with Crippen LogP contribution < -0.4 is 25.0 Å². The molecular weight excluding hydrogens is 678 g/mol. The molecule has 0 fully saturated rings. The van der Waals surface area contributed by atoms with Gasteiger partial charge < -0.3 is 19.5 Å². The Morgan fingerprint density at radius 1 is 0.837 bits per heavy atom. The number of hydrogen-bond donors (Lipinski definition) is 2. The van der Waals surface area contributed by atoms with E-state index in [2.05, 4.69) is 47.7 Å². The zero-order chi connectivity index (χ0) is 30.8. The number of carbonyl (C=O) groups excluding carboxylic acids is 2. The van der Waals surface area contributed by atoms with Gasteiger partial charge in [-0.25, -0.2) is 5.43 Å². The van der Waals surface area contributed by atoms with Crippen molar-refractivity contribution in [2.24, 2.45) is 5.10 Å². The average Bonchev–Trinajstić information content (AvgIpc) is 2.98. The minimum Gasteiger partial charge on any atom is -0.490 e. The van der Waals surface area contributed by atoms with E-state index in [0.29, 0.717) is 56.2 Å². The number of benzene rings is 4. The van der Waals surface area contributed by atoms with Gasteiger partial charge in [0.15, 0.2) is 18.1 Å². The molecule has 0 bridgehead atoms. The molecule has 0 aromatic heterocycles. The summed E-state index contributed by atoms with van der Waals surface area (Å²) in [5.41, 5.74) is 7.58. The molecule has 0 spiro atoms. The van der Waals surface area contributed by atoms with Crippen LogP contribution in [0, 0.1) is 13.8 Å². The topological polar surface area (TPSA) is 98.3 Å². The van der Waals surface area contributed by atoms with Crippen molar-refractivity contribution in [2.75, 3.05) is 18.5 Å². The van der Waals surface area contributed by atoms with Gasteiger partial charge in [0.2, 0.25) is 0 Å². The second-order valence-electron chi connectivity index (χ2n) is 9.52. The maximum Gasteiger partial charge on any atom is 0.271 e. The summed E-state index contributed by atoms with van der Waals surface area (Å²) in [4.78, 5) is 25.2. The number of amides is 2. The van der Waals surface area contributed by atoms with Gasteiger partial charge in [-0.1, -0.05) is 36.4 Å². The van der Waals surface area contributed by atoms with Crippen LogP contribution in [-0.2, 0) is 11.4 Å². The van der Waals surface area contributed by atoms with Crippen LogP contribution in [0.4, 0.5) is 5.69 Å². The molecule has 2 amide bonds. The Labute approximate surface area is 267 Å². The molecule has 4 aromatic rings. The molecule has 0 aliphatic rings. The minimum atomic E-state index is -0.403. The number of nitrogens with one attached hydrogen (secondary N) is 2. The van der Waals surface area contributed by atoms with Gasteiger partial charge in [0, 0.05) is 11.3 Å². The fraction of sp³-hybridized carbons (Fsp3) is 0.182. The molecular formula is C33H31Br2N3O5. The maximum absolute atomic E-state index is 12.8. The van der Waals surface area contributed by atoms with Gasteiger partial charge in [-0.15, -0.1) is 0 Å². The van der Waals surface area contributed by atoms with Gasteiger partial charge in [-0.05, 0) is 117 Å². The van der Waals surface area contributed by atoms with Crippen molar-refractivity contribution in [3.8, 4) is 17.2 Å². The first-order valence-electron chi connectivity index (χ1n) is 13.5. The third-order valence-corrected chi connectivity index (χ3v) is 7.46. The third-order valence-electron chi connectivity index (χ3n) is 6.28. The van der Waals surface area contributed by atoms with E-state index in [4.69, 9.17) is 14.2 Å². The predicted molar refractivity (Wildman–Crippen MR) is 175 cm³/mol. The zero-order valence-corrected chi connectivity index (χ0v) is 27.1. The second-order valence-corrected chi connectivity index (χ2v) is 11.2. The van der Waals surface area contributed by atoms with E-state index in [1.807, 2.05) is 69.3 Å². The smallest absolute Gasteiger partial charge is 0.271 e. The van der Waals surface area contributed by atoms with E-state index in [-0.39, 0.29) is 12.5 Å². The Bertz CT molecular complexity index is 1600. The molecule has 4 aromatic carbocycles. The number of ether oxygens (including phenoxy) is 3. The maximum atomic E-state index is 12.8. The van der Waals surface area contributed by atoms with Crippen LogP contribution in [0.5, 0.6) is 17.2 Å². The van der Waals surface area contributed by atoms with Crippen molar-refractivity contribution in [3.05, 3.63) is 116 Å². The molecule has 2 N–H and O–H groups in total. The molecule has 0 radical (unpaired) electrons.